The van der Waals surface area contributed by atoms with Crippen molar-refractivity contribution in [1.82, 2.24) is 15.3 Å². The van der Waals surface area contributed by atoms with Crippen LogP contribution in [0.1, 0.15) is 68.9 Å². The molecule has 0 spiro atoms. The number of aromatic nitrogens is 2. The van der Waals surface area contributed by atoms with E-state index in [1.807, 2.05) is 25.3 Å². The molecule has 1 amide bonds. The van der Waals surface area contributed by atoms with E-state index in [1.54, 1.807) is 12.3 Å². The van der Waals surface area contributed by atoms with Crippen molar-refractivity contribution in [3.8, 4) is 11.8 Å². The molecule has 0 unspecified atom stereocenters. The summed E-state index contributed by atoms with van der Waals surface area (Å²) in [5.41, 5.74) is 0.536. The van der Waals surface area contributed by atoms with Gasteiger partial charge in [0, 0.05) is 23.2 Å². The van der Waals surface area contributed by atoms with Gasteiger partial charge in [-0.05, 0) is 57.4 Å². The summed E-state index contributed by atoms with van der Waals surface area (Å²) in [6, 6.07) is 3.79. The molecule has 1 N–H and O–H groups in total. The number of ether oxygens (including phenoxy) is 2. The predicted octanol–water partition coefficient (Wildman–Crippen LogP) is 5.01. The monoisotopic (exact) mass is 401 g/mol. The van der Waals surface area contributed by atoms with E-state index in [4.69, 9.17) is 9.47 Å². The highest BCUT2D eigenvalue weighted by molar-refractivity contribution is 7.09. The van der Waals surface area contributed by atoms with Gasteiger partial charge in [-0.15, -0.1) is 11.3 Å². The maximum atomic E-state index is 12.4. The zero-order valence-corrected chi connectivity index (χ0v) is 17.3. The van der Waals surface area contributed by atoms with Crippen LogP contribution in [0.4, 0.5) is 4.79 Å². The van der Waals surface area contributed by atoms with E-state index in [2.05, 4.69) is 15.3 Å². The average molecular weight is 402 g/mol. The minimum atomic E-state index is -0.611. The zero-order chi connectivity index (χ0) is 19.6. The van der Waals surface area contributed by atoms with Crippen LogP contribution in [0.25, 0.3) is 0 Å². The van der Waals surface area contributed by atoms with Gasteiger partial charge in [-0.1, -0.05) is 12.8 Å². The molecular formula is C21H27N3O3S. The summed E-state index contributed by atoms with van der Waals surface area (Å²) in [5, 5.41) is 5.57. The molecule has 2 aliphatic rings. The van der Waals surface area contributed by atoms with Crippen LogP contribution in [0.2, 0.25) is 0 Å². The third-order valence-corrected chi connectivity index (χ3v) is 6.49. The van der Waals surface area contributed by atoms with Gasteiger partial charge < -0.3 is 14.8 Å². The Kier molecular flexibility index (Phi) is 5.53. The first-order valence-electron chi connectivity index (χ1n) is 10.0. The molecule has 2 saturated carbocycles. The quantitative estimate of drug-likeness (QED) is 0.706. The number of nitrogens with one attached hydrogen (secondary N) is 1. The Morgan fingerprint density at radius 2 is 2.04 bits per heavy atom. The fourth-order valence-electron chi connectivity index (χ4n) is 3.60. The largest absolute Gasteiger partial charge is 0.477 e. The lowest BCUT2D eigenvalue weighted by Gasteiger charge is -2.23. The Bertz CT molecular complexity index is 812. The third kappa shape index (κ3) is 4.63. The smallest absolute Gasteiger partial charge is 0.414 e. The van der Waals surface area contributed by atoms with Crippen LogP contribution in [0.5, 0.6) is 11.8 Å². The Hall–Kier alpha value is -2.15. The molecule has 2 aromatic heterocycles. The van der Waals surface area contributed by atoms with Crippen molar-refractivity contribution >= 4 is 17.4 Å². The van der Waals surface area contributed by atoms with Gasteiger partial charge in [0.05, 0.1) is 12.1 Å². The van der Waals surface area contributed by atoms with Crippen molar-refractivity contribution in [2.45, 2.75) is 63.8 Å². The number of nitrogens with zero attached hydrogens (tertiary/aromatic N) is 2. The molecule has 6 nitrogen and oxygen atoms in total. The average Bonchev–Trinajstić information content (AvgIpc) is 3.12. The molecule has 0 aromatic carbocycles. The van der Waals surface area contributed by atoms with Crippen LogP contribution in [-0.4, -0.2) is 22.7 Å². The first kappa shape index (κ1) is 19.2. The van der Waals surface area contributed by atoms with Crippen LogP contribution in [0.3, 0.4) is 0 Å². The van der Waals surface area contributed by atoms with Crippen molar-refractivity contribution in [3.63, 3.8) is 0 Å². The number of carbonyl (C=O) groups is 1. The molecule has 2 aromatic rings. The molecule has 0 bridgehead atoms. The van der Waals surface area contributed by atoms with Crippen LogP contribution >= 0.6 is 11.3 Å². The zero-order valence-electron chi connectivity index (χ0n) is 16.4. The fraction of sp³-hybridized carbons (Fsp3) is 0.571. The number of hydrogen-bond acceptors (Lipinski definition) is 6. The second-order valence-electron chi connectivity index (χ2n) is 8.26. The van der Waals surface area contributed by atoms with Crippen molar-refractivity contribution in [2.75, 3.05) is 6.61 Å². The minimum Gasteiger partial charge on any atom is -0.477 e. The number of carbonyl (C=O) groups excluding carboxylic acids is 1. The first-order valence-corrected chi connectivity index (χ1v) is 10.9. The van der Waals surface area contributed by atoms with Gasteiger partial charge in [0.25, 0.3) is 0 Å². The molecule has 7 heteroatoms. The maximum Gasteiger partial charge on any atom is 0.414 e. The van der Waals surface area contributed by atoms with Crippen molar-refractivity contribution < 1.29 is 14.3 Å². The molecular weight excluding hydrogens is 374 g/mol. The third-order valence-electron chi connectivity index (χ3n) is 5.39. The second-order valence-corrected chi connectivity index (χ2v) is 9.15. The van der Waals surface area contributed by atoms with Crippen molar-refractivity contribution in [3.05, 3.63) is 34.3 Å². The van der Waals surface area contributed by atoms with E-state index in [0.29, 0.717) is 24.3 Å². The second kappa shape index (κ2) is 8.07. The lowest BCUT2D eigenvalue weighted by Crippen LogP contribution is -2.42. The maximum absolute atomic E-state index is 12.4. The van der Waals surface area contributed by atoms with E-state index < -0.39 is 11.6 Å². The summed E-state index contributed by atoms with van der Waals surface area (Å²) >= 11 is 1.49. The highest BCUT2D eigenvalue weighted by Gasteiger charge is 2.28. The van der Waals surface area contributed by atoms with Gasteiger partial charge >= 0.3 is 6.09 Å². The SMILES string of the molecule is CC(C)(NC(=O)Oc1ccc(C2CCCC2)c(OCC2CC2)n1)c1nccs1. The molecule has 2 aliphatic carbocycles. The van der Waals surface area contributed by atoms with Crippen molar-refractivity contribution in [2.24, 2.45) is 5.92 Å². The number of pyridine rings is 1. The van der Waals surface area contributed by atoms with Crippen LogP contribution in [-0.2, 0) is 5.54 Å². The Labute approximate surface area is 169 Å². The lowest BCUT2D eigenvalue weighted by molar-refractivity contribution is 0.185. The Morgan fingerprint density at radius 1 is 1.25 bits per heavy atom. The standard InChI is InChI=1S/C21H27N3O3S/c1-21(2,19-22-11-12-28-19)24-20(25)27-17-10-9-16(15-5-3-4-6-15)18(23-17)26-13-14-7-8-14/h9-12,14-15H,3-8,13H2,1-2H3,(H,24,25). The summed E-state index contributed by atoms with van der Waals surface area (Å²) < 4.78 is 11.5. The summed E-state index contributed by atoms with van der Waals surface area (Å²) in [6.07, 6.45) is 8.47. The number of hydrogen-bond donors (Lipinski definition) is 1. The highest BCUT2D eigenvalue weighted by atomic mass is 32.1. The van der Waals surface area contributed by atoms with Gasteiger partial charge in [0.1, 0.15) is 5.01 Å². The predicted molar refractivity (Wildman–Crippen MR) is 108 cm³/mol. The first-order chi connectivity index (χ1) is 13.5. The van der Waals surface area contributed by atoms with E-state index >= 15 is 0 Å². The van der Waals surface area contributed by atoms with Crippen LogP contribution in [0.15, 0.2) is 23.7 Å². The summed E-state index contributed by atoms with van der Waals surface area (Å²) in [7, 11) is 0. The minimum absolute atomic E-state index is 0.264. The fourth-order valence-corrected chi connectivity index (χ4v) is 4.31. The van der Waals surface area contributed by atoms with Gasteiger partial charge in [-0.25, -0.2) is 9.78 Å². The van der Waals surface area contributed by atoms with Gasteiger partial charge in [-0.3, -0.25) is 0 Å². The van der Waals surface area contributed by atoms with E-state index in [0.717, 1.165) is 10.6 Å². The molecule has 4 rings (SSSR count). The molecule has 28 heavy (non-hydrogen) atoms. The van der Waals surface area contributed by atoms with E-state index in [-0.39, 0.29) is 5.88 Å². The Balaban J connectivity index is 1.45. The highest BCUT2D eigenvalue weighted by Crippen LogP contribution is 2.39. The van der Waals surface area contributed by atoms with Crippen LogP contribution in [0, 0.1) is 5.92 Å². The topological polar surface area (TPSA) is 73.3 Å². The number of amides is 1. The molecule has 0 atom stereocenters. The van der Waals surface area contributed by atoms with Gasteiger partial charge in [-0.2, -0.15) is 4.98 Å². The van der Waals surface area contributed by atoms with Crippen molar-refractivity contribution in [1.29, 1.82) is 0 Å². The normalized spacial score (nSPS) is 17.5. The molecule has 150 valence electrons. The van der Waals surface area contributed by atoms with Crippen LogP contribution < -0.4 is 14.8 Å². The molecule has 0 aliphatic heterocycles. The molecule has 0 saturated heterocycles. The Morgan fingerprint density at radius 3 is 2.71 bits per heavy atom. The summed E-state index contributed by atoms with van der Waals surface area (Å²) in [5.74, 6) is 2.03. The van der Waals surface area contributed by atoms with E-state index in [1.165, 1.54) is 49.9 Å². The van der Waals surface area contributed by atoms with E-state index in [9.17, 15) is 4.79 Å². The molecule has 2 fully saturated rings. The molecule has 0 radical (unpaired) electrons. The van der Waals surface area contributed by atoms with Gasteiger partial charge in [0.15, 0.2) is 0 Å². The molecule has 2 heterocycles. The summed E-state index contributed by atoms with van der Waals surface area (Å²) in [4.78, 5) is 21.2. The number of rotatable bonds is 7. The number of thiazole rings is 1. The lowest BCUT2D eigenvalue weighted by atomic mass is 9.99. The van der Waals surface area contributed by atoms with Gasteiger partial charge in [0.2, 0.25) is 11.8 Å². The summed E-state index contributed by atoms with van der Waals surface area (Å²) in [6.45, 7) is 4.49.